The maximum Gasteiger partial charge on any atom is 0.281 e. The van der Waals surface area contributed by atoms with E-state index in [0.29, 0.717) is 16.1 Å². The molecule has 0 spiro atoms. The lowest BCUT2D eigenvalue weighted by atomic mass is 10.1. The van der Waals surface area contributed by atoms with Crippen molar-refractivity contribution in [3.63, 3.8) is 0 Å². The van der Waals surface area contributed by atoms with E-state index < -0.39 is 16.7 Å². The number of hydrogen-bond donors (Lipinski definition) is 2. The van der Waals surface area contributed by atoms with Crippen molar-refractivity contribution in [2.24, 2.45) is 0 Å². The van der Waals surface area contributed by atoms with Gasteiger partial charge in [0.1, 0.15) is 9.88 Å². The molecule has 8 nitrogen and oxygen atoms in total. The van der Waals surface area contributed by atoms with Crippen LogP contribution in [0.2, 0.25) is 0 Å². The van der Waals surface area contributed by atoms with Crippen LogP contribution in [0.1, 0.15) is 20.9 Å². The highest BCUT2D eigenvalue weighted by molar-refractivity contribution is 7.17. The molecule has 3 rings (SSSR count). The van der Waals surface area contributed by atoms with Gasteiger partial charge in [-0.05, 0) is 12.5 Å². The summed E-state index contributed by atoms with van der Waals surface area (Å²) in [6.45, 7) is 1.73. The number of hydrazine groups is 1. The van der Waals surface area contributed by atoms with Gasteiger partial charge in [0.05, 0.1) is 17.0 Å². The molecular weight excluding hydrogens is 380 g/mol. The Labute approximate surface area is 164 Å². The van der Waals surface area contributed by atoms with Gasteiger partial charge in [-0.3, -0.25) is 30.6 Å². The van der Waals surface area contributed by atoms with Gasteiger partial charge in [0.15, 0.2) is 0 Å². The zero-order valence-corrected chi connectivity index (χ0v) is 15.7. The van der Waals surface area contributed by atoms with E-state index in [9.17, 15) is 19.7 Å². The number of aromatic nitrogens is 1. The Morgan fingerprint density at radius 3 is 2.39 bits per heavy atom. The monoisotopic (exact) mass is 396 g/mol. The van der Waals surface area contributed by atoms with Crippen LogP contribution in [-0.4, -0.2) is 21.7 Å². The molecule has 0 radical (unpaired) electrons. The highest BCUT2D eigenvalue weighted by Gasteiger charge is 2.17. The fraction of sp³-hybridized carbons (Fsp3) is 0.105. The number of aryl methyl sites for hydroxylation is 1. The van der Waals surface area contributed by atoms with E-state index in [2.05, 4.69) is 15.8 Å². The number of carbonyl (C=O) groups excluding carboxylic acids is 2. The number of hydrogen-bond acceptors (Lipinski definition) is 6. The lowest BCUT2D eigenvalue weighted by molar-refractivity contribution is -0.384. The van der Waals surface area contributed by atoms with Gasteiger partial charge in [-0.2, -0.15) is 0 Å². The summed E-state index contributed by atoms with van der Waals surface area (Å²) in [5.74, 6) is -0.887. The summed E-state index contributed by atoms with van der Waals surface area (Å²) < 4.78 is 0. The van der Waals surface area contributed by atoms with Crippen molar-refractivity contribution in [3.8, 4) is 10.6 Å². The van der Waals surface area contributed by atoms with E-state index in [1.54, 1.807) is 6.92 Å². The summed E-state index contributed by atoms with van der Waals surface area (Å²) in [6, 6.07) is 15.2. The molecule has 1 heterocycles. The van der Waals surface area contributed by atoms with E-state index in [4.69, 9.17) is 0 Å². The number of nitrogens with zero attached hydrogens (tertiary/aromatic N) is 2. The van der Waals surface area contributed by atoms with Gasteiger partial charge < -0.3 is 0 Å². The third-order valence-electron chi connectivity index (χ3n) is 3.85. The minimum Gasteiger partial charge on any atom is -0.273 e. The van der Waals surface area contributed by atoms with Gasteiger partial charge >= 0.3 is 0 Å². The Balaban J connectivity index is 1.58. The van der Waals surface area contributed by atoms with E-state index in [1.165, 1.54) is 35.6 Å². The van der Waals surface area contributed by atoms with Crippen molar-refractivity contribution in [2.75, 3.05) is 0 Å². The molecule has 0 fully saturated rings. The standard InChI is InChI=1S/C19H16N4O4S/c1-12-17(28-19(20-12)14-5-3-2-4-6-14)18(25)22-21-16(24)11-13-7-9-15(10-8-13)23(26)27/h2-10H,11H2,1H3,(H,21,24)(H,22,25). The van der Waals surface area contributed by atoms with Crippen LogP contribution in [0.3, 0.4) is 0 Å². The molecule has 0 saturated heterocycles. The lowest BCUT2D eigenvalue weighted by Crippen LogP contribution is -2.42. The number of nitro groups is 1. The van der Waals surface area contributed by atoms with E-state index in [-0.39, 0.29) is 12.1 Å². The molecule has 1 aromatic heterocycles. The van der Waals surface area contributed by atoms with Crippen LogP contribution in [0.4, 0.5) is 5.69 Å². The molecule has 0 aliphatic heterocycles. The number of non-ortho nitro benzene ring substituents is 1. The Bertz CT molecular complexity index is 1020. The molecule has 28 heavy (non-hydrogen) atoms. The first-order valence-corrected chi connectivity index (χ1v) is 9.11. The first-order chi connectivity index (χ1) is 13.4. The summed E-state index contributed by atoms with van der Waals surface area (Å²) in [6.07, 6.45) is -0.0186. The third kappa shape index (κ3) is 4.57. The minimum atomic E-state index is -0.509. The molecule has 0 atom stereocenters. The Hall–Kier alpha value is -3.59. The second-order valence-electron chi connectivity index (χ2n) is 5.90. The van der Waals surface area contributed by atoms with Crippen LogP contribution in [0, 0.1) is 17.0 Å². The number of thiazole rings is 1. The zero-order chi connectivity index (χ0) is 20.1. The Kier molecular flexibility index (Phi) is 5.75. The van der Waals surface area contributed by atoms with Crippen molar-refractivity contribution in [2.45, 2.75) is 13.3 Å². The Morgan fingerprint density at radius 1 is 1.07 bits per heavy atom. The van der Waals surface area contributed by atoms with Crippen molar-refractivity contribution < 1.29 is 14.5 Å². The SMILES string of the molecule is Cc1nc(-c2ccccc2)sc1C(=O)NNC(=O)Cc1ccc([N+](=O)[O-])cc1. The smallest absolute Gasteiger partial charge is 0.273 e. The average Bonchev–Trinajstić information content (AvgIpc) is 3.09. The minimum absolute atomic E-state index is 0.0186. The lowest BCUT2D eigenvalue weighted by Gasteiger charge is -2.06. The molecule has 9 heteroatoms. The summed E-state index contributed by atoms with van der Waals surface area (Å²) in [4.78, 5) is 39.3. The van der Waals surface area contributed by atoms with Gasteiger partial charge in [0.25, 0.3) is 11.6 Å². The van der Waals surface area contributed by atoms with Crippen LogP contribution < -0.4 is 10.9 Å². The summed E-state index contributed by atoms with van der Waals surface area (Å²) in [5.41, 5.74) is 6.76. The first-order valence-electron chi connectivity index (χ1n) is 8.29. The first kappa shape index (κ1) is 19.2. The topological polar surface area (TPSA) is 114 Å². The maximum absolute atomic E-state index is 12.4. The maximum atomic E-state index is 12.4. The van der Waals surface area contributed by atoms with Gasteiger partial charge in [0.2, 0.25) is 5.91 Å². The fourth-order valence-electron chi connectivity index (χ4n) is 2.46. The summed E-state index contributed by atoms with van der Waals surface area (Å²) in [5, 5.41) is 11.4. The number of rotatable bonds is 5. The van der Waals surface area contributed by atoms with Crippen molar-refractivity contribution in [1.29, 1.82) is 0 Å². The normalized spacial score (nSPS) is 10.3. The summed E-state index contributed by atoms with van der Waals surface area (Å²) >= 11 is 1.24. The number of nitrogens with one attached hydrogen (secondary N) is 2. The molecule has 0 bridgehead atoms. The predicted octanol–water partition coefficient (Wildman–Crippen LogP) is 3.03. The van der Waals surface area contributed by atoms with E-state index in [0.717, 1.165) is 10.6 Å². The second kappa shape index (κ2) is 8.40. The molecule has 0 saturated carbocycles. The van der Waals surface area contributed by atoms with E-state index in [1.807, 2.05) is 30.3 Å². The van der Waals surface area contributed by atoms with E-state index >= 15 is 0 Å². The molecule has 2 amide bonds. The van der Waals surface area contributed by atoms with Crippen molar-refractivity contribution in [3.05, 3.63) is 80.8 Å². The molecule has 142 valence electrons. The molecular formula is C19H16N4O4S. The van der Waals surface area contributed by atoms with Crippen molar-refractivity contribution in [1.82, 2.24) is 15.8 Å². The predicted molar refractivity (Wildman–Crippen MR) is 105 cm³/mol. The molecule has 0 unspecified atom stereocenters. The van der Waals surface area contributed by atoms with Gasteiger partial charge in [0, 0.05) is 17.7 Å². The number of benzene rings is 2. The Morgan fingerprint density at radius 2 is 1.75 bits per heavy atom. The quantitative estimate of drug-likeness (QED) is 0.508. The summed E-state index contributed by atoms with van der Waals surface area (Å²) in [7, 11) is 0. The van der Waals surface area contributed by atoms with Crippen LogP contribution in [0.25, 0.3) is 10.6 Å². The number of amides is 2. The highest BCUT2D eigenvalue weighted by atomic mass is 32.1. The molecule has 0 aliphatic rings. The fourth-order valence-corrected chi connectivity index (χ4v) is 3.43. The van der Waals surface area contributed by atoms with Crippen molar-refractivity contribution >= 4 is 28.8 Å². The van der Waals surface area contributed by atoms with Crippen LogP contribution in [0.15, 0.2) is 54.6 Å². The molecule has 0 aliphatic carbocycles. The average molecular weight is 396 g/mol. The zero-order valence-electron chi connectivity index (χ0n) is 14.8. The van der Waals surface area contributed by atoms with Gasteiger partial charge in [-0.25, -0.2) is 4.98 Å². The largest absolute Gasteiger partial charge is 0.281 e. The third-order valence-corrected chi connectivity index (χ3v) is 5.06. The number of nitro benzene ring substituents is 1. The number of carbonyl (C=O) groups is 2. The molecule has 2 aromatic carbocycles. The van der Waals surface area contributed by atoms with Crippen LogP contribution >= 0.6 is 11.3 Å². The van der Waals surface area contributed by atoms with Gasteiger partial charge in [-0.15, -0.1) is 11.3 Å². The molecule has 2 N–H and O–H groups in total. The van der Waals surface area contributed by atoms with Crippen LogP contribution in [-0.2, 0) is 11.2 Å². The van der Waals surface area contributed by atoms with Crippen LogP contribution in [0.5, 0.6) is 0 Å². The van der Waals surface area contributed by atoms with Gasteiger partial charge in [-0.1, -0.05) is 42.5 Å². The molecule has 3 aromatic rings. The highest BCUT2D eigenvalue weighted by Crippen LogP contribution is 2.27. The second-order valence-corrected chi connectivity index (χ2v) is 6.90.